The average molecular weight is 436 g/mol. The highest BCUT2D eigenvalue weighted by atomic mass is 32.2. The van der Waals surface area contributed by atoms with Crippen molar-refractivity contribution in [3.8, 4) is 5.75 Å². The molecule has 1 heterocycles. The molecule has 0 radical (unpaired) electrons. The van der Waals surface area contributed by atoms with Crippen LogP contribution < -0.4 is 4.74 Å². The maximum Gasteiger partial charge on any atom is 0.247 e. The van der Waals surface area contributed by atoms with Crippen molar-refractivity contribution in [2.45, 2.75) is 19.0 Å². The fourth-order valence-corrected chi connectivity index (χ4v) is 5.73. The van der Waals surface area contributed by atoms with Crippen LogP contribution in [0.3, 0.4) is 0 Å². The number of benzene rings is 3. The Labute approximate surface area is 182 Å². The van der Waals surface area contributed by atoms with Crippen LogP contribution in [-0.4, -0.2) is 43.9 Å². The molecule has 5 nitrogen and oxygen atoms in total. The Kier molecular flexibility index (Phi) is 6.09. The smallest absolute Gasteiger partial charge is 0.247 e. The maximum atomic E-state index is 13.2. The summed E-state index contributed by atoms with van der Waals surface area (Å²) in [7, 11) is -1.51. The topological polar surface area (TPSA) is 63.7 Å². The molecule has 1 aliphatic rings. The molecule has 0 aromatic heterocycles. The van der Waals surface area contributed by atoms with Crippen LogP contribution >= 0.6 is 0 Å². The maximum absolute atomic E-state index is 13.2. The van der Waals surface area contributed by atoms with E-state index in [9.17, 15) is 13.2 Å². The molecular weight excluding hydrogens is 410 g/mol. The number of ether oxygens (including phenoxy) is 1. The summed E-state index contributed by atoms with van der Waals surface area (Å²) in [5, 5.41) is 2.17. The zero-order valence-corrected chi connectivity index (χ0v) is 18.2. The van der Waals surface area contributed by atoms with E-state index in [4.69, 9.17) is 4.74 Å². The Hall–Kier alpha value is -3.12. The number of carbonyl (C=O) groups is 1. The van der Waals surface area contributed by atoms with E-state index in [1.54, 1.807) is 18.1 Å². The van der Waals surface area contributed by atoms with Crippen LogP contribution in [0, 0.1) is 0 Å². The summed E-state index contributed by atoms with van der Waals surface area (Å²) in [4.78, 5) is 14.9. The van der Waals surface area contributed by atoms with Crippen molar-refractivity contribution >= 4 is 32.6 Å². The average Bonchev–Trinajstić information content (AvgIpc) is 3.15. The molecule has 4 rings (SSSR count). The van der Waals surface area contributed by atoms with Gasteiger partial charge in [0.2, 0.25) is 5.91 Å². The first-order valence-electron chi connectivity index (χ1n) is 10.2. The van der Waals surface area contributed by atoms with Gasteiger partial charge in [0.15, 0.2) is 9.84 Å². The van der Waals surface area contributed by atoms with E-state index < -0.39 is 9.84 Å². The fraction of sp³-hybridized carbons (Fsp3) is 0.240. The summed E-state index contributed by atoms with van der Waals surface area (Å²) in [5.74, 6) is 0.696. The third-order valence-corrected chi connectivity index (χ3v) is 7.44. The number of amides is 1. The van der Waals surface area contributed by atoms with Crippen molar-refractivity contribution in [3.05, 3.63) is 83.9 Å². The predicted molar refractivity (Wildman–Crippen MR) is 124 cm³/mol. The summed E-state index contributed by atoms with van der Waals surface area (Å²) in [5.41, 5.74) is 1.88. The molecule has 160 valence electrons. The first-order valence-corrected chi connectivity index (χ1v) is 12.1. The summed E-state index contributed by atoms with van der Waals surface area (Å²) in [6.07, 6.45) is 3.74. The molecule has 1 saturated heterocycles. The van der Waals surface area contributed by atoms with Crippen LogP contribution in [0.2, 0.25) is 0 Å². The zero-order valence-electron chi connectivity index (χ0n) is 17.4. The summed E-state index contributed by atoms with van der Waals surface area (Å²) in [6.45, 7) is 0.368. The van der Waals surface area contributed by atoms with Gasteiger partial charge in [-0.1, -0.05) is 54.6 Å². The monoisotopic (exact) mass is 435 g/mol. The highest BCUT2D eigenvalue weighted by Crippen LogP contribution is 2.25. The lowest BCUT2D eigenvalue weighted by atomic mass is 10.0. The molecule has 0 saturated carbocycles. The minimum atomic E-state index is -3.12. The van der Waals surface area contributed by atoms with Crippen LogP contribution in [0.25, 0.3) is 16.8 Å². The van der Waals surface area contributed by atoms with Gasteiger partial charge in [-0.05, 0) is 46.5 Å². The van der Waals surface area contributed by atoms with Gasteiger partial charge < -0.3 is 9.64 Å². The second-order valence-corrected chi connectivity index (χ2v) is 10.00. The van der Waals surface area contributed by atoms with E-state index in [0.717, 1.165) is 27.6 Å². The standard InChI is InChI=1S/C25H25NO4S/c1-30-23-12-9-19(10-13-23)11-14-25(27)26(22-15-16-31(28,29)18-22)17-21-7-4-6-20-5-2-3-8-24(20)21/h2-14,22H,15-18H2,1H3. The van der Waals surface area contributed by atoms with Gasteiger partial charge in [-0.3, -0.25) is 4.79 Å². The highest BCUT2D eigenvalue weighted by molar-refractivity contribution is 7.91. The second-order valence-electron chi connectivity index (χ2n) is 7.77. The summed E-state index contributed by atoms with van der Waals surface area (Å²) >= 11 is 0. The van der Waals surface area contributed by atoms with Gasteiger partial charge in [0.05, 0.1) is 18.6 Å². The molecule has 31 heavy (non-hydrogen) atoms. The molecule has 1 unspecified atom stereocenters. The Morgan fingerprint density at radius 1 is 1.06 bits per heavy atom. The summed E-state index contributed by atoms with van der Waals surface area (Å²) < 4.78 is 29.4. The lowest BCUT2D eigenvalue weighted by Crippen LogP contribution is -2.39. The molecule has 0 N–H and O–H groups in total. The lowest BCUT2D eigenvalue weighted by molar-refractivity contribution is -0.128. The number of nitrogens with zero attached hydrogens (tertiary/aromatic N) is 1. The first kappa shape index (κ1) is 21.1. The number of fused-ring (bicyclic) bond motifs is 1. The van der Waals surface area contributed by atoms with Crippen molar-refractivity contribution in [1.29, 1.82) is 0 Å². The Morgan fingerprint density at radius 3 is 2.52 bits per heavy atom. The van der Waals surface area contributed by atoms with Gasteiger partial charge in [-0.25, -0.2) is 8.42 Å². The molecule has 3 aromatic carbocycles. The molecular formula is C25H25NO4S. The minimum Gasteiger partial charge on any atom is -0.497 e. The molecule has 1 amide bonds. The quantitative estimate of drug-likeness (QED) is 0.548. The largest absolute Gasteiger partial charge is 0.497 e. The fourth-order valence-electron chi connectivity index (χ4n) is 4.00. The normalized spacial score (nSPS) is 17.8. The highest BCUT2D eigenvalue weighted by Gasteiger charge is 2.34. The predicted octanol–water partition coefficient (Wildman–Crippen LogP) is 4.08. The number of methoxy groups -OCH3 is 1. The first-order chi connectivity index (χ1) is 14.9. The van der Waals surface area contributed by atoms with E-state index in [0.29, 0.717) is 13.0 Å². The van der Waals surface area contributed by atoms with Crippen LogP contribution in [0.15, 0.2) is 72.8 Å². The van der Waals surface area contributed by atoms with Gasteiger partial charge in [0.25, 0.3) is 0 Å². The van der Waals surface area contributed by atoms with E-state index in [1.165, 1.54) is 6.08 Å². The number of rotatable bonds is 6. The van der Waals surface area contributed by atoms with E-state index in [2.05, 4.69) is 0 Å². The second kappa shape index (κ2) is 8.94. The SMILES string of the molecule is COc1ccc(C=CC(=O)N(Cc2cccc3ccccc23)C2CCS(=O)(=O)C2)cc1. The molecule has 0 spiro atoms. The molecule has 1 atom stereocenters. The van der Waals surface area contributed by atoms with Crippen molar-refractivity contribution in [2.75, 3.05) is 18.6 Å². The Bertz CT molecular complexity index is 1210. The van der Waals surface area contributed by atoms with Crippen molar-refractivity contribution in [3.63, 3.8) is 0 Å². The van der Waals surface area contributed by atoms with Gasteiger partial charge >= 0.3 is 0 Å². The van der Waals surface area contributed by atoms with Crippen LogP contribution in [0.1, 0.15) is 17.5 Å². The van der Waals surface area contributed by atoms with Crippen LogP contribution in [0.5, 0.6) is 5.75 Å². The van der Waals surface area contributed by atoms with Crippen molar-refractivity contribution in [1.82, 2.24) is 4.90 Å². The van der Waals surface area contributed by atoms with Crippen LogP contribution in [-0.2, 0) is 21.2 Å². The zero-order chi connectivity index (χ0) is 21.8. The molecule has 3 aromatic rings. The van der Waals surface area contributed by atoms with Gasteiger partial charge in [-0.2, -0.15) is 0 Å². The number of sulfone groups is 1. The van der Waals surface area contributed by atoms with Crippen molar-refractivity contribution < 1.29 is 17.9 Å². The van der Waals surface area contributed by atoms with Gasteiger partial charge in [0.1, 0.15) is 5.75 Å². The van der Waals surface area contributed by atoms with E-state index >= 15 is 0 Å². The molecule has 6 heteroatoms. The molecule has 0 aliphatic carbocycles. The third-order valence-electron chi connectivity index (χ3n) is 5.69. The van der Waals surface area contributed by atoms with E-state index in [1.807, 2.05) is 66.7 Å². The third kappa shape index (κ3) is 4.97. The van der Waals surface area contributed by atoms with Gasteiger partial charge in [0, 0.05) is 18.7 Å². The molecule has 0 bridgehead atoms. The minimum absolute atomic E-state index is 0.0138. The molecule has 1 fully saturated rings. The Morgan fingerprint density at radius 2 is 1.81 bits per heavy atom. The number of carbonyl (C=O) groups excluding carboxylic acids is 1. The number of hydrogen-bond donors (Lipinski definition) is 0. The lowest BCUT2D eigenvalue weighted by Gasteiger charge is -2.28. The number of hydrogen-bond acceptors (Lipinski definition) is 4. The van der Waals surface area contributed by atoms with Gasteiger partial charge in [-0.15, -0.1) is 0 Å². The Balaban J connectivity index is 1.62. The van der Waals surface area contributed by atoms with E-state index in [-0.39, 0.29) is 23.5 Å². The summed E-state index contributed by atoms with van der Waals surface area (Å²) in [6, 6.07) is 21.1. The van der Waals surface area contributed by atoms with Crippen LogP contribution in [0.4, 0.5) is 0 Å². The molecule has 1 aliphatic heterocycles. The van der Waals surface area contributed by atoms with Crippen molar-refractivity contribution in [2.24, 2.45) is 0 Å².